The lowest BCUT2D eigenvalue weighted by Gasteiger charge is -2.60. The van der Waals surface area contributed by atoms with E-state index in [1.54, 1.807) is 12.1 Å². The second-order valence-corrected chi connectivity index (χ2v) is 8.89. The Kier molecular flexibility index (Phi) is 3.27. The molecule has 4 saturated carbocycles. The number of halogens is 1. The zero-order chi connectivity index (χ0) is 18.1. The summed E-state index contributed by atoms with van der Waals surface area (Å²) >= 11 is 0. The van der Waals surface area contributed by atoms with Crippen molar-refractivity contribution in [1.29, 1.82) is 0 Å². The smallest absolute Gasteiger partial charge is 0.252 e. The molecule has 4 bridgehead atoms. The van der Waals surface area contributed by atoms with Gasteiger partial charge in [0.25, 0.3) is 5.91 Å². The van der Waals surface area contributed by atoms with E-state index in [0.717, 1.165) is 25.7 Å². The van der Waals surface area contributed by atoms with E-state index in [9.17, 15) is 14.3 Å². The van der Waals surface area contributed by atoms with Crippen molar-refractivity contribution >= 4 is 16.8 Å². The first kappa shape index (κ1) is 16.2. The summed E-state index contributed by atoms with van der Waals surface area (Å²) in [5, 5.41) is 14.8. The van der Waals surface area contributed by atoms with E-state index in [1.165, 1.54) is 18.6 Å². The highest BCUT2D eigenvalue weighted by molar-refractivity contribution is 6.06. The first-order valence-electron chi connectivity index (χ1n) is 9.45. The fourth-order valence-electron chi connectivity index (χ4n) is 6.19. The second kappa shape index (κ2) is 5.26. The van der Waals surface area contributed by atoms with Crippen molar-refractivity contribution in [3.63, 3.8) is 0 Å². The zero-order valence-corrected chi connectivity index (χ0v) is 14.9. The van der Waals surface area contributed by atoms with Crippen LogP contribution in [0.5, 0.6) is 0 Å². The number of hydrogen-bond donors (Lipinski definition) is 2. The molecule has 6 rings (SSSR count). The Morgan fingerprint density at radius 2 is 1.96 bits per heavy atom. The third kappa shape index (κ3) is 2.52. The number of fused-ring (bicyclic) bond motifs is 1. The third-order valence-electron chi connectivity index (χ3n) is 6.55. The minimum atomic E-state index is -0.614. The van der Waals surface area contributed by atoms with Gasteiger partial charge in [0.2, 0.25) is 0 Å². The number of rotatable bonds is 2. The average Bonchev–Trinajstić information content (AvgIpc) is 2.50. The summed E-state index contributed by atoms with van der Waals surface area (Å²) in [4.78, 5) is 17.5. The van der Waals surface area contributed by atoms with E-state index >= 15 is 0 Å². The van der Waals surface area contributed by atoms with Gasteiger partial charge in [-0.1, -0.05) is 0 Å². The highest BCUT2D eigenvalue weighted by Crippen LogP contribution is 2.57. The first-order chi connectivity index (χ1) is 12.3. The van der Waals surface area contributed by atoms with Gasteiger partial charge in [-0.2, -0.15) is 0 Å². The molecule has 2 atom stereocenters. The molecule has 4 aliphatic carbocycles. The molecular weight excluding hydrogens is 331 g/mol. The Bertz CT molecular complexity index is 906. The van der Waals surface area contributed by atoms with Gasteiger partial charge >= 0.3 is 0 Å². The molecule has 0 spiro atoms. The largest absolute Gasteiger partial charge is 0.390 e. The van der Waals surface area contributed by atoms with Crippen molar-refractivity contribution in [2.24, 2.45) is 11.8 Å². The van der Waals surface area contributed by atoms with Crippen LogP contribution in [0.25, 0.3) is 10.9 Å². The number of carbonyl (C=O) groups excluding carboxylic acids is 1. The van der Waals surface area contributed by atoms with Crippen LogP contribution in [0.4, 0.5) is 4.39 Å². The monoisotopic (exact) mass is 354 g/mol. The summed E-state index contributed by atoms with van der Waals surface area (Å²) in [5.41, 5.74) is 0.808. The topological polar surface area (TPSA) is 62.2 Å². The molecule has 1 amide bonds. The second-order valence-electron chi connectivity index (χ2n) is 8.89. The van der Waals surface area contributed by atoms with E-state index in [4.69, 9.17) is 0 Å². The molecule has 4 fully saturated rings. The molecule has 1 aromatic carbocycles. The van der Waals surface area contributed by atoms with Crippen molar-refractivity contribution in [2.45, 2.75) is 56.6 Å². The minimum Gasteiger partial charge on any atom is -0.390 e. The van der Waals surface area contributed by atoms with Crippen LogP contribution in [-0.4, -0.2) is 27.1 Å². The SMILES string of the molecule is Cc1cc(C(=O)NC23CC4CC(CC(O)(C4)C2)C3)c2ccc(F)cc2n1. The number of hydrogen-bond acceptors (Lipinski definition) is 3. The molecule has 2 aromatic rings. The third-order valence-corrected chi connectivity index (χ3v) is 6.55. The molecule has 4 nitrogen and oxygen atoms in total. The van der Waals surface area contributed by atoms with Crippen LogP contribution in [0.15, 0.2) is 24.3 Å². The zero-order valence-electron chi connectivity index (χ0n) is 14.9. The summed E-state index contributed by atoms with van der Waals surface area (Å²) < 4.78 is 13.6. The lowest BCUT2D eigenvalue weighted by molar-refractivity contribution is -0.139. The maximum Gasteiger partial charge on any atom is 0.252 e. The molecule has 1 heterocycles. The Morgan fingerprint density at radius 1 is 1.23 bits per heavy atom. The van der Waals surface area contributed by atoms with Crippen molar-refractivity contribution in [3.8, 4) is 0 Å². The molecule has 5 heteroatoms. The van der Waals surface area contributed by atoms with Crippen molar-refractivity contribution in [1.82, 2.24) is 10.3 Å². The Labute approximate surface area is 151 Å². The number of aromatic nitrogens is 1. The fraction of sp³-hybridized carbons (Fsp3) is 0.524. The van der Waals surface area contributed by atoms with Gasteiger partial charge < -0.3 is 10.4 Å². The molecule has 2 N–H and O–H groups in total. The minimum absolute atomic E-state index is 0.141. The Morgan fingerprint density at radius 3 is 2.65 bits per heavy atom. The number of aryl methyl sites for hydroxylation is 1. The van der Waals surface area contributed by atoms with Crippen LogP contribution in [0.3, 0.4) is 0 Å². The van der Waals surface area contributed by atoms with E-state index in [2.05, 4.69) is 10.3 Å². The Hall–Kier alpha value is -2.01. The van der Waals surface area contributed by atoms with Gasteiger partial charge in [0.15, 0.2) is 0 Å². The van der Waals surface area contributed by atoms with Gasteiger partial charge in [-0.05, 0) is 75.5 Å². The van der Waals surface area contributed by atoms with Gasteiger partial charge in [0.05, 0.1) is 16.7 Å². The van der Waals surface area contributed by atoms with Gasteiger partial charge in [0.1, 0.15) is 5.82 Å². The van der Waals surface area contributed by atoms with E-state index in [0.29, 0.717) is 40.4 Å². The number of nitrogens with one attached hydrogen (secondary N) is 1. The summed E-state index contributed by atoms with van der Waals surface area (Å²) in [6.45, 7) is 1.81. The predicted octanol–water partition coefficient (Wildman–Crippen LogP) is 3.50. The van der Waals surface area contributed by atoms with Crippen LogP contribution >= 0.6 is 0 Å². The molecule has 1 aromatic heterocycles. The maximum atomic E-state index is 13.6. The van der Waals surface area contributed by atoms with Crippen LogP contribution in [-0.2, 0) is 0 Å². The predicted molar refractivity (Wildman–Crippen MR) is 96.3 cm³/mol. The lowest BCUT2D eigenvalue weighted by atomic mass is 9.51. The van der Waals surface area contributed by atoms with Crippen molar-refractivity contribution in [2.75, 3.05) is 0 Å². The number of aliphatic hydroxyl groups is 1. The quantitative estimate of drug-likeness (QED) is 0.868. The van der Waals surface area contributed by atoms with Crippen LogP contribution < -0.4 is 5.32 Å². The van der Waals surface area contributed by atoms with Gasteiger partial charge in [-0.3, -0.25) is 9.78 Å². The molecule has 4 aliphatic rings. The van der Waals surface area contributed by atoms with Crippen LogP contribution in [0, 0.1) is 24.6 Å². The number of carbonyl (C=O) groups is 1. The standard InChI is InChI=1S/C21H23FN2O2/c1-12-4-17(16-3-2-15(22)6-18(16)23-12)19(25)24-20-7-13-5-14(8-20)10-21(26,9-13)11-20/h2-4,6,13-14,26H,5,7-11H2,1H3,(H,24,25). The number of benzene rings is 1. The molecule has 0 aliphatic heterocycles. The highest BCUT2D eigenvalue weighted by Gasteiger charge is 2.57. The highest BCUT2D eigenvalue weighted by atomic mass is 19.1. The van der Waals surface area contributed by atoms with Crippen molar-refractivity contribution < 1.29 is 14.3 Å². The first-order valence-corrected chi connectivity index (χ1v) is 9.45. The molecule has 0 saturated heterocycles. The molecule has 136 valence electrons. The summed E-state index contributed by atoms with van der Waals surface area (Å²) in [6, 6.07) is 6.13. The van der Waals surface area contributed by atoms with E-state index < -0.39 is 5.60 Å². The van der Waals surface area contributed by atoms with Crippen LogP contribution in [0.1, 0.15) is 54.6 Å². The summed E-state index contributed by atoms with van der Waals surface area (Å²) in [7, 11) is 0. The van der Waals surface area contributed by atoms with Gasteiger partial charge in [-0.15, -0.1) is 0 Å². The van der Waals surface area contributed by atoms with E-state index in [1.807, 2.05) is 6.92 Å². The molecule has 26 heavy (non-hydrogen) atoms. The maximum absolute atomic E-state index is 13.6. The number of pyridine rings is 1. The normalized spacial score (nSPS) is 35.0. The van der Waals surface area contributed by atoms with Gasteiger partial charge in [0, 0.05) is 22.7 Å². The van der Waals surface area contributed by atoms with Gasteiger partial charge in [-0.25, -0.2) is 4.39 Å². The summed E-state index contributed by atoms with van der Waals surface area (Å²) in [6.07, 6.45) is 5.48. The molecular formula is C21H23FN2O2. The molecule has 0 radical (unpaired) electrons. The lowest BCUT2D eigenvalue weighted by Crippen LogP contribution is -2.65. The average molecular weight is 354 g/mol. The van der Waals surface area contributed by atoms with E-state index in [-0.39, 0.29) is 17.3 Å². The van der Waals surface area contributed by atoms with Crippen molar-refractivity contribution in [3.05, 3.63) is 41.3 Å². The van der Waals surface area contributed by atoms with Crippen LogP contribution in [0.2, 0.25) is 0 Å². The Balaban J connectivity index is 1.51. The molecule has 2 unspecified atom stereocenters. The fourth-order valence-corrected chi connectivity index (χ4v) is 6.19. The number of amides is 1. The number of nitrogens with zero attached hydrogens (tertiary/aromatic N) is 1. The summed E-state index contributed by atoms with van der Waals surface area (Å²) in [5.74, 6) is 0.515.